The number of nitrogens with zero attached hydrogens (tertiary/aromatic N) is 2. The molecule has 0 spiro atoms. The molecule has 8 heteroatoms. The van der Waals surface area contributed by atoms with Gasteiger partial charge in [0.25, 0.3) is 0 Å². The molecule has 0 aliphatic carbocycles. The van der Waals surface area contributed by atoms with Crippen LogP contribution in [0.15, 0.2) is 51.7 Å². The lowest BCUT2D eigenvalue weighted by molar-refractivity contribution is 0.479. The maximum absolute atomic E-state index is 12.0. The number of phenols is 1. The quantitative estimate of drug-likeness (QED) is 0.306. The second-order valence-corrected chi connectivity index (χ2v) is 7.41. The lowest BCUT2D eigenvalue weighted by Crippen LogP contribution is -2.24. The van der Waals surface area contributed by atoms with E-state index in [2.05, 4.69) is 0 Å². The van der Waals surface area contributed by atoms with Crippen LogP contribution in [0, 0.1) is 0 Å². The summed E-state index contributed by atoms with van der Waals surface area (Å²) in [7, 11) is -2.25. The van der Waals surface area contributed by atoms with Gasteiger partial charge < -0.3 is 14.4 Å². The molecular formula is C21H18N2O5S. The van der Waals surface area contributed by atoms with Crippen LogP contribution in [-0.2, 0) is 10.3 Å². The number of aromatic hydroxyl groups is 1. The molecule has 7 nitrogen and oxygen atoms in total. The van der Waals surface area contributed by atoms with Gasteiger partial charge in [0.05, 0.1) is 0 Å². The second kappa shape index (κ2) is 7.56. The van der Waals surface area contributed by atoms with Gasteiger partial charge in [-0.25, -0.2) is 4.98 Å². The van der Waals surface area contributed by atoms with Gasteiger partial charge in [-0.1, -0.05) is 12.1 Å². The Morgan fingerprint density at radius 2 is 1.97 bits per heavy atom. The predicted octanol–water partition coefficient (Wildman–Crippen LogP) is 3.10. The van der Waals surface area contributed by atoms with Gasteiger partial charge in [-0.3, -0.25) is 4.79 Å². The van der Waals surface area contributed by atoms with Gasteiger partial charge in [0.2, 0.25) is 10.3 Å². The SMILES string of the molecule is CCN(CCC=S(=O)=O)c1c(O)c2ccc(=O)cc2c2nc3ccccc3oc12. The van der Waals surface area contributed by atoms with Crippen molar-refractivity contribution in [1.82, 2.24) is 4.98 Å². The topological polar surface area (TPSA) is 101 Å². The van der Waals surface area contributed by atoms with Crippen LogP contribution in [0.4, 0.5) is 5.69 Å². The van der Waals surface area contributed by atoms with Crippen molar-refractivity contribution in [3.63, 3.8) is 0 Å². The zero-order valence-corrected chi connectivity index (χ0v) is 16.4. The third-order valence-electron chi connectivity index (χ3n) is 4.82. The number of fused-ring (bicyclic) bond motifs is 4. The van der Waals surface area contributed by atoms with E-state index in [0.29, 0.717) is 51.7 Å². The first-order valence-electron chi connectivity index (χ1n) is 9.14. The van der Waals surface area contributed by atoms with E-state index in [1.807, 2.05) is 30.0 Å². The lowest BCUT2D eigenvalue weighted by atomic mass is 10.0. The summed E-state index contributed by atoms with van der Waals surface area (Å²) in [6.07, 6.45) is 0.281. The van der Waals surface area contributed by atoms with Crippen molar-refractivity contribution in [3.05, 3.63) is 52.7 Å². The van der Waals surface area contributed by atoms with Gasteiger partial charge in [0.15, 0.2) is 22.3 Å². The summed E-state index contributed by atoms with van der Waals surface area (Å²) >= 11 is 0. The van der Waals surface area contributed by atoms with Crippen LogP contribution in [0.2, 0.25) is 0 Å². The summed E-state index contributed by atoms with van der Waals surface area (Å²) in [5.41, 5.74) is 2.23. The maximum Gasteiger partial charge on any atom is 0.210 e. The van der Waals surface area contributed by atoms with Gasteiger partial charge in [0.1, 0.15) is 16.7 Å². The summed E-state index contributed by atoms with van der Waals surface area (Å²) < 4.78 is 27.8. The van der Waals surface area contributed by atoms with Crippen molar-refractivity contribution < 1.29 is 17.9 Å². The van der Waals surface area contributed by atoms with Gasteiger partial charge in [-0.2, -0.15) is 8.42 Å². The molecule has 0 fully saturated rings. The Balaban J connectivity index is 2.09. The molecule has 0 radical (unpaired) electrons. The van der Waals surface area contributed by atoms with Crippen molar-refractivity contribution in [2.75, 3.05) is 18.0 Å². The number of anilines is 1. The highest BCUT2D eigenvalue weighted by atomic mass is 32.2. The van der Waals surface area contributed by atoms with Crippen molar-refractivity contribution >= 4 is 54.3 Å². The molecule has 4 aromatic rings. The highest BCUT2D eigenvalue weighted by Gasteiger charge is 2.22. The van der Waals surface area contributed by atoms with Gasteiger partial charge in [-0.05, 0) is 43.7 Å². The molecular weight excluding hydrogens is 392 g/mol. The van der Waals surface area contributed by atoms with Crippen LogP contribution < -0.4 is 10.3 Å². The summed E-state index contributed by atoms with van der Waals surface area (Å²) in [5, 5.41) is 13.2. The minimum atomic E-state index is -2.25. The Kier molecular flexibility index (Phi) is 4.94. The van der Waals surface area contributed by atoms with Crippen molar-refractivity contribution in [2.45, 2.75) is 13.3 Å². The second-order valence-electron chi connectivity index (χ2n) is 6.56. The molecule has 1 heterocycles. The van der Waals surface area contributed by atoms with E-state index in [9.17, 15) is 18.3 Å². The third-order valence-corrected chi connectivity index (χ3v) is 5.32. The Bertz CT molecular complexity index is 1430. The molecule has 0 unspecified atom stereocenters. The average molecular weight is 410 g/mol. The maximum atomic E-state index is 12.0. The van der Waals surface area contributed by atoms with Crippen molar-refractivity contribution in [3.8, 4) is 5.75 Å². The zero-order chi connectivity index (χ0) is 20.5. The number of hydrogen-bond donors (Lipinski definition) is 1. The first-order chi connectivity index (χ1) is 14.0. The van der Waals surface area contributed by atoms with E-state index in [-0.39, 0.29) is 17.6 Å². The number of para-hydroxylation sites is 2. The van der Waals surface area contributed by atoms with Gasteiger partial charge in [0, 0.05) is 29.2 Å². The Labute approximate surface area is 167 Å². The van der Waals surface area contributed by atoms with E-state index in [1.54, 1.807) is 12.1 Å². The largest absolute Gasteiger partial charge is 0.505 e. The van der Waals surface area contributed by atoms with E-state index in [4.69, 9.17) is 9.40 Å². The molecule has 1 aromatic heterocycles. The normalized spacial score (nSPS) is 11.2. The predicted molar refractivity (Wildman–Crippen MR) is 114 cm³/mol. The lowest BCUT2D eigenvalue weighted by Gasteiger charge is -2.25. The van der Waals surface area contributed by atoms with E-state index in [1.165, 1.54) is 17.5 Å². The summed E-state index contributed by atoms with van der Waals surface area (Å²) in [6, 6.07) is 11.7. The highest BCUT2D eigenvalue weighted by Crippen LogP contribution is 2.43. The minimum Gasteiger partial charge on any atom is -0.505 e. The fourth-order valence-electron chi connectivity index (χ4n) is 3.50. The van der Waals surface area contributed by atoms with Crippen LogP contribution in [-0.4, -0.2) is 37.0 Å². The number of rotatable bonds is 5. The summed E-state index contributed by atoms with van der Waals surface area (Å²) in [6.45, 7) is 2.77. The molecule has 0 bridgehead atoms. The van der Waals surface area contributed by atoms with Gasteiger partial charge in [-0.15, -0.1) is 0 Å². The van der Waals surface area contributed by atoms with E-state index in [0.717, 1.165) is 0 Å². The van der Waals surface area contributed by atoms with Gasteiger partial charge >= 0.3 is 0 Å². The summed E-state index contributed by atoms with van der Waals surface area (Å²) in [4.78, 5) is 18.5. The molecule has 3 aromatic carbocycles. The Morgan fingerprint density at radius 1 is 1.17 bits per heavy atom. The number of aromatic nitrogens is 1. The van der Waals surface area contributed by atoms with Crippen molar-refractivity contribution in [2.24, 2.45) is 0 Å². The monoisotopic (exact) mass is 410 g/mol. The fraction of sp³-hybridized carbons (Fsp3) is 0.190. The van der Waals surface area contributed by atoms with E-state index >= 15 is 0 Å². The highest BCUT2D eigenvalue weighted by molar-refractivity contribution is 7.71. The summed E-state index contributed by atoms with van der Waals surface area (Å²) in [5.74, 6) is -0.0292. The molecule has 0 saturated carbocycles. The third kappa shape index (κ3) is 3.42. The smallest absolute Gasteiger partial charge is 0.210 e. The molecule has 148 valence electrons. The molecule has 29 heavy (non-hydrogen) atoms. The van der Waals surface area contributed by atoms with Crippen molar-refractivity contribution in [1.29, 1.82) is 0 Å². The number of hydrogen-bond acceptors (Lipinski definition) is 7. The standard InChI is InChI=1S/C21H18N2O5S/c1-2-23(10-5-11-29(26)27)19-20(25)14-9-8-13(24)12-15(14)18-21(19)28-17-7-4-3-6-16(17)22-18/h3-4,6-9,11-12,25H,2,5,10H2,1H3. The minimum absolute atomic E-state index is 0.0292. The number of phenolic OH excluding ortho intramolecular Hbond substituents is 1. The van der Waals surface area contributed by atoms with Crippen LogP contribution in [0.25, 0.3) is 33.0 Å². The van der Waals surface area contributed by atoms with Crippen LogP contribution in [0.5, 0.6) is 5.75 Å². The van der Waals surface area contributed by atoms with Crippen LogP contribution in [0.3, 0.4) is 0 Å². The molecule has 0 aliphatic heterocycles. The first kappa shape index (κ1) is 18.9. The Hall–Kier alpha value is -3.39. The van der Waals surface area contributed by atoms with E-state index < -0.39 is 10.3 Å². The molecule has 0 saturated heterocycles. The molecule has 0 atom stereocenters. The molecule has 4 rings (SSSR count). The van der Waals surface area contributed by atoms with Crippen LogP contribution in [0.1, 0.15) is 13.3 Å². The fourth-order valence-corrected chi connectivity index (χ4v) is 3.79. The zero-order valence-electron chi connectivity index (χ0n) is 15.6. The first-order valence-corrected chi connectivity index (χ1v) is 10.3. The average Bonchev–Trinajstić information content (AvgIpc) is 2.71. The molecule has 0 aliphatic rings. The molecule has 0 amide bonds. The van der Waals surface area contributed by atoms with Crippen LogP contribution >= 0.6 is 0 Å². The number of benzene rings is 3. The Morgan fingerprint density at radius 3 is 2.72 bits per heavy atom. The molecule has 1 N–H and O–H groups in total.